The molecule has 118 valence electrons. The standard InChI is InChI=1S/C16H12O7/c1-21-8-2-3-9(11(17)4-8)15(19)16(20)10-5-13-14(6-12(10)18)23-7-22-13/h2-6,17-18H,7H2,1H3. The quantitative estimate of drug-likeness (QED) is 0.656. The van der Waals surface area contributed by atoms with Crippen molar-refractivity contribution in [1.29, 1.82) is 0 Å². The first kappa shape index (κ1) is 14.7. The molecule has 2 aromatic rings. The van der Waals surface area contributed by atoms with E-state index in [0.717, 1.165) is 0 Å². The van der Waals surface area contributed by atoms with E-state index >= 15 is 0 Å². The molecule has 0 bridgehead atoms. The van der Waals surface area contributed by atoms with Crippen molar-refractivity contribution in [3.8, 4) is 28.7 Å². The zero-order valence-corrected chi connectivity index (χ0v) is 12.0. The molecule has 0 fully saturated rings. The Morgan fingerprint density at radius 3 is 2.22 bits per heavy atom. The molecule has 23 heavy (non-hydrogen) atoms. The van der Waals surface area contributed by atoms with E-state index in [1.807, 2.05) is 0 Å². The van der Waals surface area contributed by atoms with E-state index in [1.54, 1.807) is 0 Å². The third-order valence-electron chi connectivity index (χ3n) is 3.39. The minimum atomic E-state index is -0.971. The fourth-order valence-electron chi connectivity index (χ4n) is 2.19. The largest absolute Gasteiger partial charge is 0.507 e. The minimum Gasteiger partial charge on any atom is -0.507 e. The van der Waals surface area contributed by atoms with Crippen molar-refractivity contribution in [2.45, 2.75) is 0 Å². The zero-order chi connectivity index (χ0) is 16.6. The number of phenolic OH excluding ortho intramolecular Hbond substituents is 2. The summed E-state index contributed by atoms with van der Waals surface area (Å²) in [5.74, 6) is -1.82. The Balaban J connectivity index is 1.96. The molecule has 0 spiro atoms. The number of rotatable bonds is 4. The van der Waals surface area contributed by atoms with E-state index in [9.17, 15) is 19.8 Å². The molecular formula is C16H12O7. The number of hydrogen-bond donors (Lipinski definition) is 2. The van der Waals surface area contributed by atoms with Crippen LogP contribution in [0.1, 0.15) is 20.7 Å². The molecule has 2 N–H and O–H groups in total. The number of hydrogen-bond acceptors (Lipinski definition) is 7. The number of Topliss-reactive ketones (excluding diaryl/α,β-unsaturated/α-hetero) is 2. The van der Waals surface area contributed by atoms with E-state index in [0.29, 0.717) is 11.5 Å². The summed E-state index contributed by atoms with van der Waals surface area (Å²) >= 11 is 0. The molecule has 0 saturated carbocycles. The average molecular weight is 316 g/mol. The van der Waals surface area contributed by atoms with Crippen molar-refractivity contribution in [3.63, 3.8) is 0 Å². The maximum atomic E-state index is 12.3. The summed E-state index contributed by atoms with van der Waals surface area (Å²) in [6.07, 6.45) is 0. The number of methoxy groups -OCH3 is 1. The summed E-state index contributed by atoms with van der Waals surface area (Å²) < 4.78 is 15.1. The van der Waals surface area contributed by atoms with Crippen LogP contribution >= 0.6 is 0 Å². The van der Waals surface area contributed by atoms with Crippen LogP contribution in [0, 0.1) is 0 Å². The van der Waals surface area contributed by atoms with Crippen LogP contribution in [0.3, 0.4) is 0 Å². The van der Waals surface area contributed by atoms with Crippen molar-refractivity contribution in [2.75, 3.05) is 13.9 Å². The molecule has 0 atom stereocenters. The zero-order valence-electron chi connectivity index (χ0n) is 12.0. The summed E-state index contributed by atoms with van der Waals surface area (Å²) in [7, 11) is 1.41. The fraction of sp³-hybridized carbons (Fsp3) is 0.125. The van der Waals surface area contributed by atoms with E-state index < -0.39 is 17.3 Å². The third-order valence-corrected chi connectivity index (χ3v) is 3.39. The van der Waals surface area contributed by atoms with Crippen molar-refractivity contribution >= 4 is 11.6 Å². The Labute approximate surface area is 130 Å². The molecule has 0 radical (unpaired) electrons. The Morgan fingerprint density at radius 2 is 1.57 bits per heavy atom. The monoisotopic (exact) mass is 316 g/mol. The minimum absolute atomic E-state index is 0.0281. The Morgan fingerprint density at radius 1 is 0.957 bits per heavy atom. The van der Waals surface area contributed by atoms with Crippen LogP contribution in [-0.2, 0) is 0 Å². The lowest BCUT2D eigenvalue weighted by Gasteiger charge is -2.07. The summed E-state index contributed by atoms with van der Waals surface area (Å²) in [5, 5.41) is 19.8. The number of carbonyl (C=O) groups excluding carboxylic acids is 2. The lowest BCUT2D eigenvalue weighted by Crippen LogP contribution is -2.15. The summed E-state index contributed by atoms with van der Waals surface area (Å²) in [6, 6.07) is 6.38. The van der Waals surface area contributed by atoms with Gasteiger partial charge in [0.2, 0.25) is 18.4 Å². The van der Waals surface area contributed by atoms with Gasteiger partial charge in [-0.2, -0.15) is 0 Å². The maximum absolute atomic E-state index is 12.3. The van der Waals surface area contributed by atoms with Gasteiger partial charge in [0.1, 0.15) is 17.2 Å². The van der Waals surface area contributed by atoms with E-state index in [4.69, 9.17) is 14.2 Å². The number of ether oxygens (including phenoxy) is 3. The van der Waals surface area contributed by atoms with Gasteiger partial charge in [0.05, 0.1) is 18.2 Å². The highest BCUT2D eigenvalue weighted by Crippen LogP contribution is 2.38. The number of phenols is 2. The molecule has 0 aromatic heterocycles. The summed E-state index contributed by atoms with van der Waals surface area (Å²) in [5.41, 5.74) is -0.415. The van der Waals surface area contributed by atoms with Crippen molar-refractivity contribution in [2.24, 2.45) is 0 Å². The van der Waals surface area contributed by atoms with Crippen LogP contribution in [0.25, 0.3) is 0 Å². The normalized spacial score (nSPS) is 12.0. The first-order valence-corrected chi connectivity index (χ1v) is 6.60. The van der Waals surface area contributed by atoms with E-state index in [-0.39, 0.29) is 29.4 Å². The lowest BCUT2D eigenvalue weighted by atomic mass is 9.99. The van der Waals surface area contributed by atoms with Crippen molar-refractivity contribution in [1.82, 2.24) is 0 Å². The summed E-state index contributed by atoms with van der Waals surface area (Å²) in [6.45, 7) is -0.0281. The smallest absolute Gasteiger partial charge is 0.237 e. The number of aromatic hydroxyl groups is 2. The third kappa shape index (κ3) is 2.52. The van der Waals surface area contributed by atoms with Gasteiger partial charge in [-0.3, -0.25) is 9.59 Å². The van der Waals surface area contributed by atoms with Crippen LogP contribution in [0.2, 0.25) is 0 Å². The van der Waals surface area contributed by atoms with Gasteiger partial charge in [-0.05, 0) is 18.2 Å². The van der Waals surface area contributed by atoms with Gasteiger partial charge in [-0.15, -0.1) is 0 Å². The Bertz CT molecular complexity index is 810. The molecule has 0 unspecified atom stereocenters. The maximum Gasteiger partial charge on any atom is 0.237 e. The fourth-order valence-corrected chi connectivity index (χ4v) is 2.19. The number of fused-ring (bicyclic) bond motifs is 1. The molecule has 7 nitrogen and oxygen atoms in total. The van der Waals surface area contributed by atoms with Crippen molar-refractivity contribution in [3.05, 3.63) is 41.5 Å². The molecule has 0 amide bonds. The van der Waals surface area contributed by atoms with Crippen LogP contribution in [-0.4, -0.2) is 35.7 Å². The lowest BCUT2D eigenvalue weighted by molar-refractivity contribution is 0.0813. The molecule has 1 aliphatic heterocycles. The molecule has 0 aliphatic carbocycles. The second kappa shape index (κ2) is 5.53. The predicted octanol–water partition coefficient (Wildman–Crippen LogP) is 1.90. The molecule has 1 aliphatic rings. The van der Waals surface area contributed by atoms with Crippen molar-refractivity contribution < 1.29 is 34.0 Å². The molecular weight excluding hydrogens is 304 g/mol. The Hall–Kier alpha value is -3.22. The van der Waals surface area contributed by atoms with Gasteiger partial charge in [0.25, 0.3) is 0 Å². The molecule has 7 heteroatoms. The van der Waals surface area contributed by atoms with E-state index in [2.05, 4.69) is 0 Å². The first-order chi connectivity index (χ1) is 11.0. The first-order valence-electron chi connectivity index (χ1n) is 6.60. The van der Waals surface area contributed by atoms with Gasteiger partial charge < -0.3 is 24.4 Å². The topological polar surface area (TPSA) is 102 Å². The highest BCUT2D eigenvalue weighted by molar-refractivity contribution is 6.50. The van der Waals surface area contributed by atoms with E-state index in [1.165, 1.54) is 37.4 Å². The number of ketones is 2. The van der Waals surface area contributed by atoms with Crippen LogP contribution in [0.4, 0.5) is 0 Å². The predicted molar refractivity (Wildman–Crippen MR) is 77.5 cm³/mol. The molecule has 2 aromatic carbocycles. The van der Waals surface area contributed by atoms with Crippen LogP contribution in [0.5, 0.6) is 28.7 Å². The van der Waals surface area contributed by atoms with Crippen LogP contribution in [0.15, 0.2) is 30.3 Å². The van der Waals surface area contributed by atoms with Gasteiger partial charge in [-0.1, -0.05) is 0 Å². The second-order valence-electron chi connectivity index (χ2n) is 4.76. The van der Waals surface area contributed by atoms with Gasteiger partial charge in [0, 0.05) is 12.1 Å². The highest BCUT2D eigenvalue weighted by Gasteiger charge is 2.27. The SMILES string of the molecule is COc1ccc(C(=O)C(=O)c2cc3c(cc2O)OCO3)c(O)c1. The highest BCUT2D eigenvalue weighted by atomic mass is 16.7. The molecule has 3 rings (SSSR count). The molecule has 0 saturated heterocycles. The Kier molecular flexibility index (Phi) is 3.53. The van der Waals surface area contributed by atoms with Gasteiger partial charge in [0.15, 0.2) is 11.5 Å². The van der Waals surface area contributed by atoms with Crippen LogP contribution < -0.4 is 14.2 Å². The summed E-state index contributed by atoms with van der Waals surface area (Å²) in [4.78, 5) is 24.6. The number of benzene rings is 2. The number of carbonyl (C=O) groups is 2. The molecule has 1 heterocycles. The van der Waals surface area contributed by atoms with Gasteiger partial charge in [-0.25, -0.2) is 0 Å². The average Bonchev–Trinajstić information content (AvgIpc) is 2.99. The van der Waals surface area contributed by atoms with Gasteiger partial charge >= 0.3 is 0 Å². The second-order valence-corrected chi connectivity index (χ2v) is 4.76.